The molecule has 1 atom stereocenters. The molecule has 1 aliphatic heterocycles. The summed E-state index contributed by atoms with van der Waals surface area (Å²) in [5, 5.41) is 18.7. The molecule has 1 fully saturated rings. The first-order valence-electron chi connectivity index (χ1n) is 11.6. The number of rotatable bonds is 9. The normalized spacial score (nSPS) is 15.6. The second-order valence-corrected chi connectivity index (χ2v) is 8.51. The number of aliphatic hydroxyl groups is 1. The highest BCUT2D eigenvalue weighted by molar-refractivity contribution is 5.95. The number of alkyl halides is 3. The number of nitrogens with one attached hydrogen (secondary N) is 1. The first-order chi connectivity index (χ1) is 18.1. The number of halogens is 3. The van der Waals surface area contributed by atoms with Gasteiger partial charge in [0.1, 0.15) is 6.10 Å². The molecule has 1 aliphatic rings. The zero-order valence-electron chi connectivity index (χ0n) is 19.9. The number of fused-ring (bicyclic) bond motifs is 1. The fourth-order valence-corrected chi connectivity index (χ4v) is 4.21. The van der Waals surface area contributed by atoms with Crippen LogP contribution in [0, 0.1) is 0 Å². The van der Waals surface area contributed by atoms with E-state index in [1.807, 2.05) is 0 Å². The molecule has 1 aromatic heterocycles. The zero-order valence-corrected chi connectivity index (χ0v) is 19.9. The maximum atomic E-state index is 13.5. The highest BCUT2D eigenvalue weighted by atomic mass is 19.4. The third-order valence-corrected chi connectivity index (χ3v) is 5.97. The van der Waals surface area contributed by atoms with Crippen LogP contribution in [0.5, 0.6) is 0 Å². The molecule has 0 bridgehead atoms. The fraction of sp³-hybridized carbons (Fsp3) is 0.320. The predicted octanol–water partition coefficient (Wildman–Crippen LogP) is 3.53. The van der Waals surface area contributed by atoms with Gasteiger partial charge < -0.3 is 29.6 Å². The summed E-state index contributed by atoms with van der Waals surface area (Å²) in [5.74, 6) is 0. The van der Waals surface area contributed by atoms with Crippen molar-refractivity contribution in [2.24, 2.45) is 0 Å². The van der Waals surface area contributed by atoms with Crippen molar-refractivity contribution in [1.82, 2.24) is 9.88 Å². The van der Waals surface area contributed by atoms with Crippen LogP contribution < -0.4 is 10.5 Å². The Balaban J connectivity index is 1.55. The smallest absolute Gasteiger partial charge is 0.417 e. The van der Waals surface area contributed by atoms with Crippen molar-refractivity contribution in [3.8, 4) is 11.3 Å². The van der Waals surface area contributed by atoms with Crippen LogP contribution in [0.25, 0.3) is 22.0 Å². The van der Waals surface area contributed by atoms with Crippen LogP contribution >= 0.6 is 0 Å². The number of benzene rings is 2. The molecule has 1 saturated heterocycles. The molecule has 10 nitrogen and oxygen atoms in total. The van der Waals surface area contributed by atoms with Gasteiger partial charge in [0, 0.05) is 28.9 Å². The molecule has 1 unspecified atom stereocenters. The number of aliphatic hydroxyl groups excluding tert-OH is 1. The van der Waals surface area contributed by atoms with E-state index in [4.69, 9.17) is 14.6 Å². The molecule has 2 aromatic carbocycles. The maximum absolute atomic E-state index is 13.5. The van der Waals surface area contributed by atoms with E-state index in [9.17, 15) is 32.7 Å². The van der Waals surface area contributed by atoms with Gasteiger partial charge in [0.15, 0.2) is 0 Å². The quantitative estimate of drug-likeness (QED) is 0.357. The molecule has 2 amide bonds. The maximum Gasteiger partial charge on any atom is 0.417 e. The molecule has 0 aliphatic carbocycles. The highest BCUT2D eigenvalue weighted by Gasteiger charge is 2.35. The number of pyridine rings is 1. The number of aromatic amines is 1. The predicted molar refractivity (Wildman–Crippen MR) is 130 cm³/mol. The molecule has 202 valence electrons. The van der Waals surface area contributed by atoms with Crippen molar-refractivity contribution in [3.63, 3.8) is 0 Å². The van der Waals surface area contributed by atoms with E-state index in [0.717, 1.165) is 11.0 Å². The number of aromatic nitrogens is 1. The molecule has 0 saturated carbocycles. The summed E-state index contributed by atoms with van der Waals surface area (Å²) in [6, 6.07) is 10.8. The SMILES string of the molecule is O=C(O)N(CCOCCO)CC1CN(c2ccc3cc(-c4ccccc4C(F)(F)F)[nH]c(=O)c3c2)C(=O)O1. The topological polar surface area (TPSA) is 132 Å². The van der Waals surface area contributed by atoms with Gasteiger partial charge in [-0.05, 0) is 29.7 Å². The largest absolute Gasteiger partial charge is 0.465 e. The standard InChI is InChI=1S/C25H24F3N3O7/c26-25(27,28)20-4-2-1-3-18(20)21-11-15-5-6-16(12-19(15)22(33)29-21)31-14-17(38-24(31)36)13-30(23(34)35)7-9-37-10-8-32/h1-6,11-12,17,32H,7-10,13-14H2,(H,29,33)(H,34,35). The lowest BCUT2D eigenvalue weighted by Crippen LogP contribution is -2.40. The van der Waals surface area contributed by atoms with Gasteiger partial charge in [-0.1, -0.05) is 24.3 Å². The van der Waals surface area contributed by atoms with Gasteiger partial charge in [-0.25, -0.2) is 9.59 Å². The van der Waals surface area contributed by atoms with Crippen molar-refractivity contribution < 1.29 is 42.4 Å². The Labute approximate surface area is 213 Å². The summed E-state index contributed by atoms with van der Waals surface area (Å²) >= 11 is 0. The molecule has 3 aromatic rings. The second-order valence-electron chi connectivity index (χ2n) is 8.51. The van der Waals surface area contributed by atoms with Crippen molar-refractivity contribution in [2.75, 3.05) is 44.4 Å². The molecule has 4 rings (SSSR count). The summed E-state index contributed by atoms with van der Waals surface area (Å²) in [5.41, 5.74) is -1.38. The summed E-state index contributed by atoms with van der Waals surface area (Å²) < 4.78 is 50.8. The van der Waals surface area contributed by atoms with E-state index in [2.05, 4.69) is 4.98 Å². The van der Waals surface area contributed by atoms with E-state index < -0.39 is 35.6 Å². The highest BCUT2D eigenvalue weighted by Crippen LogP contribution is 2.36. The lowest BCUT2D eigenvalue weighted by Gasteiger charge is -2.21. The summed E-state index contributed by atoms with van der Waals surface area (Å²) in [6.45, 7) is -0.165. The molecular weight excluding hydrogens is 511 g/mol. The van der Waals surface area contributed by atoms with Crippen LogP contribution in [0.15, 0.2) is 53.3 Å². The lowest BCUT2D eigenvalue weighted by atomic mass is 10.0. The third-order valence-electron chi connectivity index (χ3n) is 5.97. The Morgan fingerprint density at radius 1 is 1.16 bits per heavy atom. The third kappa shape index (κ3) is 5.89. The van der Waals surface area contributed by atoms with Gasteiger partial charge in [-0.3, -0.25) is 9.69 Å². The molecule has 2 heterocycles. The number of H-pyrrole nitrogens is 1. The van der Waals surface area contributed by atoms with E-state index in [0.29, 0.717) is 11.1 Å². The van der Waals surface area contributed by atoms with Crippen molar-refractivity contribution in [1.29, 1.82) is 0 Å². The number of ether oxygens (including phenoxy) is 2. The Kier molecular flexibility index (Phi) is 7.88. The molecule has 0 radical (unpaired) electrons. The number of carboxylic acid groups (broad SMARTS) is 1. The monoisotopic (exact) mass is 535 g/mol. The number of hydrogen-bond donors (Lipinski definition) is 3. The van der Waals surface area contributed by atoms with Gasteiger partial charge in [0.2, 0.25) is 0 Å². The van der Waals surface area contributed by atoms with E-state index in [-0.39, 0.29) is 56.1 Å². The van der Waals surface area contributed by atoms with Gasteiger partial charge in [-0.2, -0.15) is 13.2 Å². The van der Waals surface area contributed by atoms with Crippen LogP contribution in [0.2, 0.25) is 0 Å². The molecule has 38 heavy (non-hydrogen) atoms. The van der Waals surface area contributed by atoms with Gasteiger partial charge >= 0.3 is 18.4 Å². The zero-order chi connectivity index (χ0) is 27.4. The van der Waals surface area contributed by atoms with Crippen LogP contribution in [0.3, 0.4) is 0 Å². The van der Waals surface area contributed by atoms with Gasteiger partial charge in [0.25, 0.3) is 5.56 Å². The number of nitrogens with zero attached hydrogens (tertiary/aromatic N) is 2. The van der Waals surface area contributed by atoms with Crippen molar-refractivity contribution in [2.45, 2.75) is 12.3 Å². The summed E-state index contributed by atoms with van der Waals surface area (Å²) in [4.78, 5) is 41.7. The minimum absolute atomic E-state index is 0.000511. The molecular formula is C25H24F3N3O7. The number of anilines is 1. The Morgan fingerprint density at radius 3 is 2.63 bits per heavy atom. The van der Waals surface area contributed by atoms with E-state index >= 15 is 0 Å². The number of carbonyl (C=O) groups is 2. The van der Waals surface area contributed by atoms with E-state index in [1.54, 1.807) is 0 Å². The van der Waals surface area contributed by atoms with Crippen molar-refractivity contribution >= 4 is 28.6 Å². The Hall–Kier alpha value is -4.10. The second kappa shape index (κ2) is 11.1. The fourth-order valence-electron chi connectivity index (χ4n) is 4.21. The van der Waals surface area contributed by atoms with Crippen LogP contribution in [0.4, 0.5) is 28.4 Å². The van der Waals surface area contributed by atoms with Crippen LogP contribution in [-0.4, -0.2) is 77.8 Å². The number of carbonyl (C=O) groups excluding carboxylic acids is 1. The molecule has 0 spiro atoms. The van der Waals surface area contributed by atoms with Gasteiger partial charge in [0.05, 0.1) is 38.5 Å². The summed E-state index contributed by atoms with van der Waals surface area (Å²) in [6.07, 6.45) is -7.36. The van der Waals surface area contributed by atoms with Crippen LogP contribution in [0.1, 0.15) is 5.56 Å². The van der Waals surface area contributed by atoms with E-state index in [1.165, 1.54) is 47.4 Å². The van der Waals surface area contributed by atoms with Crippen molar-refractivity contribution in [3.05, 3.63) is 64.4 Å². The molecule has 3 N–H and O–H groups in total. The van der Waals surface area contributed by atoms with Gasteiger partial charge in [-0.15, -0.1) is 0 Å². The van der Waals surface area contributed by atoms with Crippen LogP contribution in [-0.2, 0) is 15.7 Å². The minimum atomic E-state index is -4.61. The number of cyclic esters (lactones) is 1. The first kappa shape index (κ1) is 26.9. The minimum Gasteiger partial charge on any atom is -0.465 e. The first-order valence-corrected chi connectivity index (χ1v) is 11.6. The Morgan fingerprint density at radius 2 is 1.92 bits per heavy atom. The average Bonchev–Trinajstić information content (AvgIpc) is 3.25. The molecule has 13 heteroatoms. The number of amides is 2. The average molecular weight is 535 g/mol. The lowest BCUT2D eigenvalue weighted by molar-refractivity contribution is -0.137. The number of hydrogen-bond acceptors (Lipinski definition) is 6. The summed E-state index contributed by atoms with van der Waals surface area (Å²) in [7, 11) is 0. The Bertz CT molecular complexity index is 1390.